The summed E-state index contributed by atoms with van der Waals surface area (Å²) >= 11 is 2.40. The zero-order valence-electron chi connectivity index (χ0n) is 12.6. The molecular formula is C15H9N5O3S2. The number of thiazole rings is 1. The minimum absolute atomic E-state index is 0.212. The van der Waals surface area contributed by atoms with Crippen molar-refractivity contribution in [2.75, 3.05) is 0 Å². The number of fused-ring (bicyclic) bond motifs is 1. The van der Waals surface area contributed by atoms with Crippen molar-refractivity contribution in [3.63, 3.8) is 0 Å². The van der Waals surface area contributed by atoms with Crippen molar-refractivity contribution in [1.29, 1.82) is 0 Å². The van der Waals surface area contributed by atoms with Gasteiger partial charge in [0.15, 0.2) is 5.69 Å². The van der Waals surface area contributed by atoms with Crippen LogP contribution in [0.2, 0.25) is 0 Å². The third kappa shape index (κ3) is 3.24. The molecule has 0 bridgehead atoms. The van der Waals surface area contributed by atoms with Gasteiger partial charge in [0.25, 0.3) is 5.24 Å². The fraction of sp³-hybridized carbons (Fsp3) is 0.200. The topological polar surface area (TPSA) is 102 Å². The second-order valence-corrected chi connectivity index (χ2v) is 7.52. The Morgan fingerprint density at radius 2 is 2.12 bits per heavy atom. The van der Waals surface area contributed by atoms with Crippen molar-refractivity contribution in [3.05, 3.63) is 46.4 Å². The van der Waals surface area contributed by atoms with Gasteiger partial charge in [0.05, 0.1) is 18.5 Å². The zero-order valence-corrected chi connectivity index (χ0v) is 14.2. The van der Waals surface area contributed by atoms with E-state index in [1.54, 1.807) is 12.1 Å². The van der Waals surface area contributed by atoms with Crippen LogP contribution in [0.25, 0.3) is 15.1 Å². The molecule has 3 heterocycles. The van der Waals surface area contributed by atoms with Gasteiger partial charge in [-0.2, -0.15) is 0 Å². The van der Waals surface area contributed by atoms with Crippen LogP contribution in [0.15, 0.2) is 22.6 Å². The number of aromatic nitrogens is 3. The molecule has 0 spiro atoms. The van der Waals surface area contributed by atoms with E-state index in [4.69, 9.17) is 11.0 Å². The summed E-state index contributed by atoms with van der Waals surface area (Å²) in [4.78, 5) is 30.6. The largest absolute Gasteiger partial charge is 0.425 e. The predicted octanol–water partition coefficient (Wildman–Crippen LogP) is 2.71. The highest BCUT2D eigenvalue weighted by molar-refractivity contribution is 8.15. The molecule has 0 saturated carbocycles. The van der Waals surface area contributed by atoms with E-state index in [1.165, 1.54) is 11.3 Å². The van der Waals surface area contributed by atoms with Gasteiger partial charge in [0.1, 0.15) is 10.3 Å². The summed E-state index contributed by atoms with van der Waals surface area (Å²) < 4.78 is 6.50. The van der Waals surface area contributed by atoms with Crippen molar-refractivity contribution >= 4 is 50.1 Å². The van der Waals surface area contributed by atoms with Crippen LogP contribution in [0.1, 0.15) is 16.8 Å². The Bertz CT molecular complexity index is 1040. The Labute approximate surface area is 149 Å². The average Bonchev–Trinajstić information content (AvgIpc) is 3.27. The summed E-state index contributed by atoms with van der Waals surface area (Å²) in [6.45, 7) is 7.05. The number of carbonyl (C=O) groups is 2. The van der Waals surface area contributed by atoms with Crippen LogP contribution >= 0.6 is 23.1 Å². The normalized spacial score (nSPS) is 17.0. The van der Waals surface area contributed by atoms with Crippen molar-refractivity contribution in [2.45, 2.75) is 18.1 Å². The van der Waals surface area contributed by atoms with E-state index in [1.807, 2.05) is 6.07 Å². The SMILES string of the molecule is [C-]#[N+]c1ccc2nc(Cc3nnc(CC4SC(=O)NC4=O)o3)sc2c1. The first-order valence-corrected chi connectivity index (χ1v) is 8.90. The maximum atomic E-state index is 11.6. The summed E-state index contributed by atoms with van der Waals surface area (Å²) in [5.74, 6) is 0.375. The molecule has 8 nitrogen and oxygen atoms in total. The molecule has 1 atom stereocenters. The molecule has 0 aliphatic carbocycles. The molecule has 124 valence electrons. The van der Waals surface area contributed by atoms with Crippen molar-refractivity contribution in [2.24, 2.45) is 0 Å². The predicted molar refractivity (Wildman–Crippen MR) is 91.6 cm³/mol. The van der Waals surface area contributed by atoms with Gasteiger partial charge in [-0.3, -0.25) is 14.9 Å². The minimum atomic E-state index is -0.532. The van der Waals surface area contributed by atoms with Crippen LogP contribution in [0.3, 0.4) is 0 Å². The molecule has 1 unspecified atom stereocenters. The smallest absolute Gasteiger partial charge is 0.286 e. The van der Waals surface area contributed by atoms with E-state index in [-0.39, 0.29) is 17.6 Å². The summed E-state index contributed by atoms with van der Waals surface area (Å²) in [6.07, 6.45) is 0.589. The molecule has 2 aromatic heterocycles. The second kappa shape index (κ2) is 6.27. The molecule has 1 aliphatic rings. The Morgan fingerprint density at radius 1 is 1.28 bits per heavy atom. The van der Waals surface area contributed by atoms with Crippen molar-refractivity contribution < 1.29 is 14.0 Å². The van der Waals surface area contributed by atoms with E-state index >= 15 is 0 Å². The first-order valence-electron chi connectivity index (χ1n) is 7.20. The maximum Gasteiger partial charge on any atom is 0.286 e. The summed E-state index contributed by atoms with van der Waals surface area (Å²) in [7, 11) is 0. The van der Waals surface area contributed by atoms with Gasteiger partial charge in [0.2, 0.25) is 17.7 Å². The second-order valence-electron chi connectivity index (χ2n) is 5.23. The van der Waals surface area contributed by atoms with E-state index in [9.17, 15) is 9.59 Å². The quantitative estimate of drug-likeness (QED) is 0.703. The van der Waals surface area contributed by atoms with Crippen LogP contribution in [0, 0.1) is 6.57 Å². The highest BCUT2D eigenvalue weighted by atomic mass is 32.2. The van der Waals surface area contributed by atoms with Gasteiger partial charge < -0.3 is 4.42 Å². The third-order valence-corrected chi connectivity index (χ3v) is 5.48. The van der Waals surface area contributed by atoms with Crippen LogP contribution in [0.5, 0.6) is 0 Å². The lowest BCUT2D eigenvalue weighted by molar-refractivity contribution is -0.119. The van der Waals surface area contributed by atoms with Crippen LogP contribution in [-0.2, 0) is 17.6 Å². The van der Waals surface area contributed by atoms with Crippen LogP contribution in [0.4, 0.5) is 10.5 Å². The molecule has 2 amide bonds. The van der Waals surface area contributed by atoms with E-state index in [2.05, 4.69) is 25.3 Å². The van der Waals surface area contributed by atoms with Gasteiger partial charge in [-0.25, -0.2) is 9.83 Å². The van der Waals surface area contributed by atoms with Gasteiger partial charge in [0, 0.05) is 11.1 Å². The standard InChI is InChI=1S/C15H9N5O3S2/c1-16-7-2-3-8-9(4-7)24-13(17-8)6-12-20-19-11(23-12)5-10-14(21)18-15(22)25-10/h2-4,10H,5-6H2,(H,18,21,22). The van der Waals surface area contributed by atoms with Crippen molar-refractivity contribution in [1.82, 2.24) is 20.5 Å². The van der Waals surface area contributed by atoms with Gasteiger partial charge in [-0.05, 0) is 12.1 Å². The molecule has 1 aromatic carbocycles. The summed E-state index contributed by atoms with van der Waals surface area (Å²) in [6, 6.07) is 5.35. The number of hydrogen-bond acceptors (Lipinski definition) is 8. The number of nitrogens with one attached hydrogen (secondary N) is 1. The molecule has 1 saturated heterocycles. The molecular weight excluding hydrogens is 362 g/mol. The highest BCUT2D eigenvalue weighted by Crippen LogP contribution is 2.28. The van der Waals surface area contributed by atoms with Crippen LogP contribution in [-0.4, -0.2) is 31.6 Å². The molecule has 4 rings (SSSR count). The molecule has 1 N–H and O–H groups in total. The number of rotatable bonds is 4. The van der Waals surface area contributed by atoms with Gasteiger partial charge in [-0.1, -0.05) is 17.8 Å². The van der Waals surface area contributed by atoms with Crippen molar-refractivity contribution in [3.8, 4) is 0 Å². The Hall–Kier alpha value is -2.77. The number of nitrogens with zero attached hydrogens (tertiary/aromatic N) is 4. The lowest BCUT2D eigenvalue weighted by atomic mass is 10.3. The fourth-order valence-electron chi connectivity index (χ4n) is 2.36. The monoisotopic (exact) mass is 371 g/mol. The molecule has 0 radical (unpaired) electrons. The summed E-state index contributed by atoms with van der Waals surface area (Å²) in [5.41, 5.74) is 1.40. The van der Waals surface area contributed by atoms with Gasteiger partial charge in [-0.15, -0.1) is 21.5 Å². The Morgan fingerprint density at radius 3 is 2.88 bits per heavy atom. The molecule has 25 heavy (non-hydrogen) atoms. The first kappa shape index (κ1) is 15.7. The number of thioether (sulfide) groups is 1. The molecule has 1 fully saturated rings. The lowest BCUT2D eigenvalue weighted by Crippen LogP contribution is -2.25. The molecule has 10 heteroatoms. The average molecular weight is 371 g/mol. The van der Waals surface area contributed by atoms with E-state index in [0.717, 1.165) is 27.0 Å². The zero-order chi connectivity index (χ0) is 17.4. The molecule has 3 aromatic rings. The van der Waals surface area contributed by atoms with Gasteiger partial charge >= 0.3 is 0 Å². The lowest BCUT2D eigenvalue weighted by Gasteiger charge is -1.98. The number of amides is 2. The number of carbonyl (C=O) groups excluding carboxylic acids is 2. The maximum absolute atomic E-state index is 11.6. The number of imide groups is 1. The first-order chi connectivity index (χ1) is 12.1. The Balaban J connectivity index is 1.48. The minimum Gasteiger partial charge on any atom is -0.425 e. The van der Waals surface area contributed by atoms with E-state index in [0.29, 0.717) is 23.9 Å². The summed E-state index contributed by atoms with van der Waals surface area (Å²) in [5, 5.41) is 10.0. The third-order valence-electron chi connectivity index (χ3n) is 3.48. The molecule has 1 aliphatic heterocycles. The fourth-order valence-corrected chi connectivity index (χ4v) is 4.17. The Kier molecular flexibility index (Phi) is 3.95. The number of hydrogen-bond donors (Lipinski definition) is 1. The van der Waals surface area contributed by atoms with Crippen LogP contribution < -0.4 is 5.32 Å². The van der Waals surface area contributed by atoms with E-state index < -0.39 is 5.25 Å². The number of benzene rings is 1. The highest BCUT2D eigenvalue weighted by Gasteiger charge is 2.33.